The second kappa shape index (κ2) is 6.01. The Morgan fingerprint density at radius 2 is 2.15 bits per heavy atom. The van der Waals surface area contributed by atoms with E-state index in [0.29, 0.717) is 12.2 Å². The fourth-order valence-corrected chi connectivity index (χ4v) is 3.10. The lowest BCUT2D eigenvalue weighted by Gasteiger charge is -2.25. The Balaban J connectivity index is 1.73. The van der Waals surface area contributed by atoms with Gasteiger partial charge in [-0.05, 0) is 35.8 Å². The minimum absolute atomic E-state index is 0.0208. The van der Waals surface area contributed by atoms with Crippen LogP contribution < -0.4 is 0 Å². The molecule has 1 aromatic carbocycles. The molecule has 106 valence electrons. The summed E-state index contributed by atoms with van der Waals surface area (Å²) >= 11 is 3.46. The van der Waals surface area contributed by atoms with E-state index in [-0.39, 0.29) is 12.1 Å². The molecule has 2 atom stereocenters. The van der Waals surface area contributed by atoms with E-state index in [0.717, 1.165) is 35.7 Å². The summed E-state index contributed by atoms with van der Waals surface area (Å²) in [4.78, 5) is 1.59. The predicted octanol–water partition coefficient (Wildman–Crippen LogP) is 2.50. The molecule has 0 saturated heterocycles. The summed E-state index contributed by atoms with van der Waals surface area (Å²) in [6.07, 6.45) is 4.25. The SMILES string of the molecule is O[C@H]1CCCC[C@H]1n1nnc(Cc2cccc(Br)c2)n1. The summed E-state index contributed by atoms with van der Waals surface area (Å²) in [5, 5.41) is 22.7. The third kappa shape index (κ3) is 3.07. The third-order valence-electron chi connectivity index (χ3n) is 3.71. The van der Waals surface area contributed by atoms with Crippen LogP contribution >= 0.6 is 15.9 Å². The van der Waals surface area contributed by atoms with Gasteiger partial charge in [0.1, 0.15) is 0 Å². The molecule has 1 aromatic heterocycles. The molecular weight excluding hydrogens is 320 g/mol. The maximum absolute atomic E-state index is 10.0. The highest BCUT2D eigenvalue weighted by molar-refractivity contribution is 9.10. The van der Waals surface area contributed by atoms with Crippen molar-refractivity contribution in [3.05, 3.63) is 40.1 Å². The maximum atomic E-state index is 10.0. The smallest absolute Gasteiger partial charge is 0.179 e. The van der Waals surface area contributed by atoms with E-state index in [9.17, 15) is 5.11 Å². The zero-order valence-electron chi connectivity index (χ0n) is 11.1. The fraction of sp³-hybridized carbons (Fsp3) is 0.500. The molecule has 0 aliphatic heterocycles. The van der Waals surface area contributed by atoms with Gasteiger partial charge in [0.25, 0.3) is 0 Å². The zero-order valence-corrected chi connectivity index (χ0v) is 12.7. The Kier molecular flexibility index (Phi) is 4.12. The van der Waals surface area contributed by atoms with Crippen LogP contribution in [0.15, 0.2) is 28.7 Å². The molecule has 0 unspecified atom stereocenters. The van der Waals surface area contributed by atoms with Crippen LogP contribution in [0.5, 0.6) is 0 Å². The van der Waals surface area contributed by atoms with Crippen LogP contribution in [0.2, 0.25) is 0 Å². The molecule has 5 nitrogen and oxygen atoms in total. The van der Waals surface area contributed by atoms with Crippen molar-refractivity contribution < 1.29 is 5.11 Å². The molecular formula is C14H17BrN4O. The Morgan fingerprint density at radius 1 is 1.30 bits per heavy atom. The third-order valence-corrected chi connectivity index (χ3v) is 4.20. The number of aromatic nitrogens is 4. The summed E-state index contributed by atoms with van der Waals surface area (Å²) in [6.45, 7) is 0. The molecule has 0 spiro atoms. The normalized spacial score (nSPS) is 22.9. The lowest BCUT2D eigenvalue weighted by atomic mass is 9.93. The van der Waals surface area contributed by atoms with Crippen molar-refractivity contribution in [2.75, 3.05) is 0 Å². The van der Waals surface area contributed by atoms with Gasteiger partial charge in [0.05, 0.1) is 12.1 Å². The highest BCUT2D eigenvalue weighted by atomic mass is 79.9. The maximum Gasteiger partial charge on any atom is 0.179 e. The molecule has 2 aromatic rings. The van der Waals surface area contributed by atoms with Gasteiger partial charge in [-0.15, -0.1) is 10.2 Å². The van der Waals surface area contributed by atoms with Gasteiger partial charge in [0.2, 0.25) is 0 Å². The van der Waals surface area contributed by atoms with Gasteiger partial charge >= 0.3 is 0 Å². The number of hydrogen-bond acceptors (Lipinski definition) is 4. The van der Waals surface area contributed by atoms with E-state index in [1.54, 1.807) is 4.80 Å². The van der Waals surface area contributed by atoms with E-state index >= 15 is 0 Å². The van der Waals surface area contributed by atoms with Gasteiger partial charge < -0.3 is 5.11 Å². The second-order valence-electron chi connectivity index (χ2n) is 5.25. The summed E-state index contributed by atoms with van der Waals surface area (Å²) < 4.78 is 1.05. The Bertz CT molecular complexity index is 586. The van der Waals surface area contributed by atoms with Gasteiger partial charge in [-0.25, -0.2) is 0 Å². The number of hydrogen-bond donors (Lipinski definition) is 1. The lowest BCUT2D eigenvalue weighted by molar-refractivity contribution is 0.0612. The van der Waals surface area contributed by atoms with Crippen LogP contribution in [0.3, 0.4) is 0 Å². The number of tetrazole rings is 1. The van der Waals surface area contributed by atoms with Crippen molar-refractivity contribution in [3.63, 3.8) is 0 Å². The summed E-state index contributed by atoms with van der Waals surface area (Å²) in [5.74, 6) is 0.695. The highest BCUT2D eigenvalue weighted by Gasteiger charge is 2.26. The number of aliphatic hydroxyl groups excluding tert-OH is 1. The monoisotopic (exact) mass is 336 g/mol. The number of aliphatic hydroxyl groups is 1. The number of benzene rings is 1. The zero-order chi connectivity index (χ0) is 13.9. The summed E-state index contributed by atoms with van der Waals surface area (Å²) in [5.41, 5.74) is 1.14. The molecule has 0 radical (unpaired) electrons. The first-order chi connectivity index (χ1) is 9.72. The first-order valence-corrected chi connectivity index (χ1v) is 7.72. The number of rotatable bonds is 3. The van der Waals surface area contributed by atoms with Crippen LogP contribution in [0, 0.1) is 0 Å². The molecule has 1 saturated carbocycles. The Labute approximate surface area is 126 Å². The molecule has 3 rings (SSSR count). The average molecular weight is 337 g/mol. The molecule has 1 aliphatic carbocycles. The van der Waals surface area contributed by atoms with Crippen molar-refractivity contribution in [2.24, 2.45) is 0 Å². The van der Waals surface area contributed by atoms with Crippen LogP contribution in [0.4, 0.5) is 0 Å². The first-order valence-electron chi connectivity index (χ1n) is 6.93. The van der Waals surface area contributed by atoms with Crippen molar-refractivity contribution >= 4 is 15.9 Å². The average Bonchev–Trinajstić information content (AvgIpc) is 2.87. The molecule has 20 heavy (non-hydrogen) atoms. The van der Waals surface area contributed by atoms with E-state index in [4.69, 9.17) is 0 Å². The molecule has 6 heteroatoms. The fourth-order valence-electron chi connectivity index (χ4n) is 2.66. The van der Waals surface area contributed by atoms with Crippen LogP contribution in [-0.4, -0.2) is 31.4 Å². The van der Waals surface area contributed by atoms with Gasteiger partial charge in [-0.1, -0.05) is 40.9 Å². The van der Waals surface area contributed by atoms with Crippen molar-refractivity contribution in [2.45, 2.75) is 44.2 Å². The molecule has 1 fully saturated rings. The van der Waals surface area contributed by atoms with E-state index < -0.39 is 0 Å². The molecule has 1 heterocycles. The highest BCUT2D eigenvalue weighted by Crippen LogP contribution is 2.27. The lowest BCUT2D eigenvalue weighted by Crippen LogP contribution is -2.29. The minimum Gasteiger partial charge on any atom is -0.391 e. The van der Waals surface area contributed by atoms with E-state index in [2.05, 4.69) is 37.4 Å². The van der Waals surface area contributed by atoms with Gasteiger partial charge in [-0.3, -0.25) is 0 Å². The van der Waals surface area contributed by atoms with Crippen molar-refractivity contribution in [1.82, 2.24) is 20.2 Å². The van der Waals surface area contributed by atoms with Gasteiger partial charge in [0, 0.05) is 10.9 Å². The van der Waals surface area contributed by atoms with Gasteiger partial charge in [0.15, 0.2) is 5.82 Å². The molecule has 1 aliphatic rings. The largest absolute Gasteiger partial charge is 0.391 e. The summed E-state index contributed by atoms with van der Waals surface area (Å²) in [6, 6.07) is 8.06. The Morgan fingerprint density at radius 3 is 2.95 bits per heavy atom. The number of nitrogens with zero attached hydrogens (tertiary/aromatic N) is 4. The Hall–Kier alpha value is -1.27. The molecule has 0 amide bonds. The van der Waals surface area contributed by atoms with E-state index in [1.165, 1.54) is 0 Å². The molecule has 0 bridgehead atoms. The predicted molar refractivity (Wildman–Crippen MR) is 78.3 cm³/mol. The van der Waals surface area contributed by atoms with Gasteiger partial charge in [-0.2, -0.15) is 4.80 Å². The topological polar surface area (TPSA) is 63.8 Å². The quantitative estimate of drug-likeness (QED) is 0.935. The molecule has 1 N–H and O–H groups in total. The van der Waals surface area contributed by atoms with Crippen LogP contribution in [0.1, 0.15) is 43.1 Å². The van der Waals surface area contributed by atoms with Crippen LogP contribution in [-0.2, 0) is 6.42 Å². The van der Waals surface area contributed by atoms with Crippen LogP contribution in [0.25, 0.3) is 0 Å². The number of halogens is 1. The summed E-state index contributed by atoms with van der Waals surface area (Å²) in [7, 11) is 0. The van der Waals surface area contributed by atoms with Crippen molar-refractivity contribution in [1.29, 1.82) is 0 Å². The van der Waals surface area contributed by atoms with Crippen molar-refractivity contribution in [3.8, 4) is 0 Å². The standard InChI is InChI=1S/C14H17BrN4O/c15-11-5-3-4-10(8-11)9-14-16-18-19(17-14)12-6-1-2-7-13(12)20/h3-5,8,12-13,20H,1-2,6-7,9H2/t12-,13+/m1/s1. The first kappa shape index (κ1) is 13.7. The van der Waals surface area contributed by atoms with E-state index in [1.807, 2.05) is 18.2 Å². The second-order valence-corrected chi connectivity index (χ2v) is 6.17. The minimum atomic E-state index is -0.350.